The van der Waals surface area contributed by atoms with Gasteiger partial charge in [-0.1, -0.05) is 15.9 Å². The molecule has 0 spiro atoms. The minimum Gasteiger partial charge on any atom is -0.307 e. The molecule has 0 amide bonds. The van der Waals surface area contributed by atoms with Crippen molar-refractivity contribution < 1.29 is 4.39 Å². The van der Waals surface area contributed by atoms with Gasteiger partial charge in [0, 0.05) is 27.4 Å². The van der Waals surface area contributed by atoms with Gasteiger partial charge < -0.3 is 5.32 Å². The maximum absolute atomic E-state index is 13.8. The van der Waals surface area contributed by atoms with Crippen LogP contribution in [0.2, 0.25) is 0 Å². The predicted molar refractivity (Wildman–Crippen MR) is 80.6 cm³/mol. The van der Waals surface area contributed by atoms with E-state index in [-0.39, 0.29) is 11.9 Å². The lowest BCUT2D eigenvalue weighted by Gasteiger charge is -2.20. The largest absolute Gasteiger partial charge is 0.307 e. The molecule has 0 bridgehead atoms. The van der Waals surface area contributed by atoms with Gasteiger partial charge in [-0.25, -0.2) is 4.39 Å². The summed E-state index contributed by atoms with van der Waals surface area (Å²) in [7, 11) is 0. The van der Waals surface area contributed by atoms with E-state index in [0.29, 0.717) is 6.04 Å². The second kappa shape index (κ2) is 6.40. The zero-order valence-electron chi connectivity index (χ0n) is 10.7. The SMILES string of the molecule is CSC1CCC(NC(C)c2cc(Br)ccc2F)C1. The Morgan fingerprint density at radius 1 is 1.44 bits per heavy atom. The molecule has 1 aromatic carbocycles. The monoisotopic (exact) mass is 331 g/mol. The van der Waals surface area contributed by atoms with Crippen LogP contribution >= 0.6 is 27.7 Å². The smallest absolute Gasteiger partial charge is 0.128 e. The van der Waals surface area contributed by atoms with Crippen molar-refractivity contribution in [1.82, 2.24) is 5.32 Å². The van der Waals surface area contributed by atoms with Gasteiger partial charge in [-0.15, -0.1) is 0 Å². The number of nitrogens with one attached hydrogen (secondary N) is 1. The molecule has 1 aliphatic rings. The number of rotatable bonds is 4. The molecule has 1 aromatic rings. The van der Waals surface area contributed by atoms with Crippen LogP contribution in [-0.4, -0.2) is 17.5 Å². The fourth-order valence-corrected chi connectivity index (χ4v) is 3.77. The summed E-state index contributed by atoms with van der Waals surface area (Å²) in [6, 6.07) is 5.72. The summed E-state index contributed by atoms with van der Waals surface area (Å²) in [5.41, 5.74) is 0.747. The lowest BCUT2D eigenvalue weighted by atomic mass is 10.1. The molecule has 0 radical (unpaired) electrons. The Morgan fingerprint density at radius 3 is 2.89 bits per heavy atom. The third-order valence-electron chi connectivity index (χ3n) is 3.63. The highest BCUT2D eigenvalue weighted by atomic mass is 79.9. The van der Waals surface area contributed by atoms with Crippen LogP contribution in [0.5, 0.6) is 0 Å². The van der Waals surface area contributed by atoms with E-state index in [1.54, 1.807) is 6.07 Å². The summed E-state index contributed by atoms with van der Waals surface area (Å²) in [5, 5.41) is 4.32. The van der Waals surface area contributed by atoms with Crippen molar-refractivity contribution in [2.24, 2.45) is 0 Å². The third kappa shape index (κ3) is 3.49. The van der Waals surface area contributed by atoms with E-state index in [1.165, 1.54) is 25.3 Å². The fraction of sp³-hybridized carbons (Fsp3) is 0.571. The zero-order valence-corrected chi connectivity index (χ0v) is 13.2. The highest BCUT2D eigenvalue weighted by Crippen LogP contribution is 2.30. The molecule has 0 saturated heterocycles. The van der Waals surface area contributed by atoms with Gasteiger partial charge in [-0.3, -0.25) is 0 Å². The number of hydrogen-bond acceptors (Lipinski definition) is 2. The van der Waals surface area contributed by atoms with E-state index in [2.05, 4.69) is 27.5 Å². The highest BCUT2D eigenvalue weighted by Gasteiger charge is 2.25. The second-order valence-electron chi connectivity index (χ2n) is 4.92. The first-order valence-electron chi connectivity index (χ1n) is 6.34. The van der Waals surface area contributed by atoms with Gasteiger partial charge in [0.1, 0.15) is 5.82 Å². The predicted octanol–water partition coefficient (Wildman–Crippen LogP) is 4.52. The fourth-order valence-electron chi connectivity index (χ4n) is 2.60. The van der Waals surface area contributed by atoms with Crippen molar-refractivity contribution >= 4 is 27.7 Å². The molecular weight excluding hydrogens is 313 g/mol. The maximum atomic E-state index is 13.8. The van der Waals surface area contributed by atoms with Crippen LogP contribution < -0.4 is 5.32 Å². The average molecular weight is 332 g/mol. The average Bonchev–Trinajstić information content (AvgIpc) is 2.80. The number of hydrogen-bond donors (Lipinski definition) is 1. The number of thioether (sulfide) groups is 1. The normalized spacial score (nSPS) is 25.3. The molecule has 1 nitrogen and oxygen atoms in total. The Balaban J connectivity index is 1.99. The van der Waals surface area contributed by atoms with Crippen molar-refractivity contribution in [2.45, 2.75) is 43.5 Å². The van der Waals surface area contributed by atoms with E-state index in [4.69, 9.17) is 0 Å². The van der Waals surface area contributed by atoms with Crippen LogP contribution in [0.4, 0.5) is 4.39 Å². The Kier molecular flexibility index (Phi) is 5.10. The van der Waals surface area contributed by atoms with Crippen molar-refractivity contribution in [2.75, 3.05) is 6.26 Å². The van der Waals surface area contributed by atoms with E-state index >= 15 is 0 Å². The number of benzene rings is 1. The van der Waals surface area contributed by atoms with Crippen LogP contribution in [0.15, 0.2) is 22.7 Å². The first-order valence-corrected chi connectivity index (χ1v) is 8.42. The van der Waals surface area contributed by atoms with Gasteiger partial charge in [-0.2, -0.15) is 11.8 Å². The molecule has 1 N–H and O–H groups in total. The van der Waals surface area contributed by atoms with Gasteiger partial charge in [0.05, 0.1) is 0 Å². The minimum absolute atomic E-state index is 0.0631. The molecule has 18 heavy (non-hydrogen) atoms. The molecule has 1 saturated carbocycles. The van der Waals surface area contributed by atoms with Gasteiger partial charge in [0.25, 0.3) is 0 Å². The van der Waals surface area contributed by atoms with Crippen molar-refractivity contribution in [3.63, 3.8) is 0 Å². The quantitative estimate of drug-likeness (QED) is 0.870. The molecule has 0 aliphatic heterocycles. The van der Waals surface area contributed by atoms with Crippen molar-refractivity contribution in [1.29, 1.82) is 0 Å². The topological polar surface area (TPSA) is 12.0 Å². The van der Waals surface area contributed by atoms with E-state index in [1.807, 2.05) is 24.8 Å². The van der Waals surface area contributed by atoms with E-state index in [0.717, 1.165) is 15.3 Å². The van der Waals surface area contributed by atoms with Crippen molar-refractivity contribution in [3.05, 3.63) is 34.1 Å². The van der Waals surface area contributed by atoms with Crippen LogP contribution in [0.1, 0.15) is 37.8 Å². The molecule has 2 rings (SSSR count). The molecule has 1 aliphatic carbocycles. The molecule has 3 unspecified atom stereocenters. The lowest BCUT2D eigenvalue weighted by molar-refractivity contribution is 0.447. The summed E-state index contributed by atoms with van der Waals surface area (Å²) >= 11 is 5.34. The lowest BCUT2D eigenvalue weighted by Crippen LogP contribution is -2.30. The van der Waals surface area contributed by atoms with Crippen molar-refractivity contribution in [3.8, 4) is 0 Å². The van der Waals surface area contributed by atoms with Gasteiger partial charge in [0.15, 0.2) is 0 Å². The molecule has 4 heteroatoms. The van der Waals surface area contributed by atoms with Gasteiger partial charge in [-0.05, 0) is 50.6 Å². The molecular formula is C14H19BrFNS. The molecule has 100 valence electrons. The molecule has 0 aromatic heterocycles. The Labute approximate surface area is 121 Å². The molecule has 3 atom stereocenters. The summed E-state index contributed by atoms with van der Waals surface area (Å²) < 4.78 is 14.7. The Bertz CT molecular complexity index is 413. The summed E-state index contributed by atoms with van der Waals surface area (Å²) in [6.45, 7) is 2.04. The number of halogens is 2. The van der Waals surface area contributed by atoms with Crippen LogP contribution in [-0.2, 0) is 0 Å². The summed E-state index contributed by atoms with van der Waals surface area (Å²) in [6.07, 6.45) is 5.84. The standard InChI is InChI=1S/C14H19BrFNS/c1-9(13-7-10(15)3-6-14(13)16)17-11-4-5-12(8-11)18-2/h3,6-7,9,11-12,17H,4-5,8H2,1-2H3. The first kappa shape index (κ1) is 14.4. The Hall–Kier alpha value is -0.0600. The highest BCUT2D eigenvalue weighted by molar-refractivity contribution is 9.10. The van der Waals surface area contributed by atoms with Gasteiger partial charge in [0.2, 0.25) is 0 Å². The van der Waals surface area contributed by atoms with Crippen LogP contribution in [0.3, 0.4) is 0 Å². The van der Waals surface area contributed by atoms with Gasteiger partial charge >= 0.3 is 0 Å². The van der Waals surface area contributed by atoms with E-state index < -0.39 is 0 Å². The molecule has 0 heterocycles. The minimum atomic E-state index is -0.127. The summed E-state index contributed by atoms with van der Waals surface area (Å²) in [4.78, 5) is 0. The summed E-state index contributed by atoms with van der Waals surface area (Å²) in [5.74, 6) is -0.127. The first-order chi connectivity index (χ1) is 8.60. The Morgan fingerprint density at radius 2 is 2.22 bits per heavy atom. The van der Waals surface area contributed by atoms with Crippen LogP contribution in [0.25, 0.3) is 0 Å². The maximum Gasteiger partial charge on any atom is 0.128 e. The molecule has 1 fully saturated rings. The van der Waals surface area contributed by atoms with E-state index in [9.17, 15) is 4.39 Å². The van der Waals surface area contributed by atoms with Crippen LogP contribution in [0, 0.1) is 5.82 Å². The second-order valence-corrected chi connectivity index (χ2v) is 6.98. The zero-order chi connectivity index (χ0) is 13.1. The third-order valence-corrected chi connectivity index (χ3v) is 5.22.